The third-order valence-electron chi connectivity index (χ3n) is 2.45. The van der Waals surface area contributed by atoms with Gasteiger partial charge in [0.25, 0.3) is 5.91 Å². The molecular weight excluding hydrogens is 238 g/mol. The van der Waals surface area contributed by atoms with E-state index in [1.54, 1.807) is 25.1 Å². The number of nitrogens with one attached hydrogen (secondary N) is 1. The lowest BCUT2D eigenvalue weighted by molar-refractivity contribution is -0.118. The quantitative estimate of drug-likeness (QED) is 0.877. The maximum atomic E-state index is 11.8. The summed E-state index contributed by atoms with van der Waals surface area (Å²) in [4.78, 5) is 23.3. The largest absolute Gasteiger partial charge is 0.352 e. The van der Waals surface area contributed by atoms with Gasteiger partial charge in [-0.25, -0.2) is 0 Å². The van der Waals surface area contributed by atoms with Crippen molar-refractivity contribution in [1.82, 2.24) is 5.32 Å². The summed E-state index contributed by atoms with van der Waals surface area (Å²) in [6.07, 6.45) is 0.713. The van der Waals surface area contributed by atoms with Gasteiger partial charge < -0.3 is 5.32 Å². The second-order valence-electron chi connectivity index (χ2n) is 3.70. The fourth-order valence-corrected chi connectivity index (χ4v) is 1.84. The molecule has 0 saturated heterocycles. The number of benzene rings is 1. The summed E-state index contributed by atoms with van der Waals surface area (Å²) in [5, 5.41) is 3.09. The predicted octanol–water partition coefficient (Wildman–Crippen LogP) is 2.61. The molecule has 0 spiro atoms. The van der Waals surface area contributed by atoms with E-state index in [9.17, 15) is 9.59 Å². The van der Waals surface area contributed by atoms with E-state index in [4.69, 9.17) is 11.6 Å². The maximum Gasteiger partial charge on any atom is 0.253 e. The highest BCUT2D eigenvalue weighted by molar-refractivity contribution is 6.34. The number of ketones is 1. The van der Waals surface area contributed by atoms with Crippen molar-refractivity contribution in [1.29, 1.82) is 0 Å². The summed E-state index contributed by atoms with van der Waals surface area (Å²) < 4.78 is 0. The van der Waals surface area contributed by atoms with E-state index >= 15 is 0 Å². The molecule has 1 aromatic carbocycles. The van der Waals surface area contributed by atoms with E-state index in [0.29, 0.717) is 29.1 Å². The first-order chi connectivity index (χ1) is 8.10. The van der Waals surface area contributed by atoms with Gasteiger partial charge >= 0.3 is 0 Å². The van der Waals surface area contributed by atoms with Gasteiger partial charge in [0.1, 0.15) is 5.78 Å². The topological polar surface area (TPSA) is 46.2 Å². The molecule has 1 rings (SSSR count). The Kier molecular flexibility index (Phi) is 5.16. The molecule has 0 heterocycles. The van der Waals surface area contributed by atoms with Gasteiger partial charge in [-0.05, 0) is 18.6 Å². The minimum absolute atomic E-state index is 0.0952. The third-order valence-corrected chi connectivity index (χ3v) is 2.76. The molecule has 0 aliphatic heterocycles. The average Bonchev–Trinajstić information content (AvgIpc) is 2.29. The van der Waals surface area contributed by atoms with E-state index in [1.807, 2.05) is 6.92 Å². The number of rotatable bonds is 5. The zero-order valence-electron chi connectivity index (χ0n) is 10.0. The van der Waals surface area contributed by atoms with Crippen molar-refractivity contribution in [3.05, 3.63) is 34.3 Å². The van der Waals surface area contributed by atoms with Crippen molar-refractivity contribution < 1.29 is 9.59 Å². The minimum Gasteiger partial charge on any atom is -0.352 e. The standard InChI is InChI=1S/C13H16ClNO2/c1-3-10(16)8-9-6-5-7-11(14)12(9)13(17)15-4-2/h5-7H,3-4,8H2,1-2H3,(H,15,17). The molecule has 0 atom stereocenters. The van der Waals surface area contributed by atoms with Crippen molar-refractivity contribution in [2.75, 3.05) is 6.54 Å². The normalized spacial score (nSPS) is 10.1. The van der Waals surface area contributed by atoms with Gasteiger partial charge in [0.05, 0.1) is 10.6 Å². The first-order valence-corrected chi connectivity index (χ1v) is 6.05. The first kappa shape index (κ1) is 13.7. The molecule has 1 N–H and O–H groups in total. The number of halogens is 1. The number of carbonyl (C=O) groups is 2. The molecule has 0 aliphatic carbocycles. The molecule has 4 heteroatoms. The number of carbonyl (C=O) groups excluding carboxylic acids is 2. The summed E-state index contributed by atoms with van der Waals surface area (Å²) in [5.74, 6) is -0.130. The highest BCUT2D eigenvalue weighted by atomic mass is 35.5. The van der Waals surface area contributed by atoms with Gasteiger partial charge in [0.15, 0.2) is 0 Å². The molecule has 92 valence electrons. The molecule has 1 amide bonds. The highest BCUT2D eigenvalue weighted by Gasteiger charge is 2.16. The smallest absolute Gasteiger partial charge is 0.253 e. The molecule has 0 radical (unpaired) electrons. The van der Waals surface area contributed by atoms with Gasteiger partial charge in [-0.2, -0.15) is 0 Å². The Morgan fingerprint density at radius 1 is 1.29 bits per heavy atom. The Bertz CT molecular complexity index is 429. The van der Waals surface area contributed by atoms with Gasteiger partial charge in [0.2, 0.25) is 0 Å². The van der Waals surface area contributed by atoms with E-state index in [-0.39, 0.29) is 18.1 Å². The second-order valence-corrected chi connectivity index (χ2v) is 4.11. The van der Waals surface area contributed by atoms with Crippen LogP contribution in [0.2, 0.25) is 5.02 Å². The summed E-state index contributed by atoms with van der Waals surface area (Å²) in [6, 6.07) is 5.18. The number of hydrogen-bond acceptors (Lipinski definition) is 2. The SMILES string of the molecule is CCNC(=O)c1c(Cl)cccc1CC(=O)CC. The van der Waals surface area contributed by atoms with Crippen LogP contribution in [0.5, 0.6) is 0 Å². The van der Waals surface area contributed by atoms with Crippen molar-refractivity contribution in [3.8, 4) is 0 Å². The van der Waals surface area contributed by atoms with Crippen LogP contribution in [0.1, 0.15) is 36.2 Å². The minimum atomic E-state index is -0.225. The molecule has 0 aliphatic rings. The summed E-state index contributed by atoms with van der Waals surface area (Å²) in [5.41, 5.74) is 1.10. The Hall–Kier alpha value is -1.35. The summed E-state index contributed by atoms with van der Waals surface area (Å²) in [7, 11) is 0. The van der Waals surface area contributed by atoms with Crippen LogP contribution in [0, 0.1) is 0 Å². The van der Waals surface area contributed by atoms with Crippen molar-refractivity contribution >= 4 is 23.3 Å². The Morgan fingerprint density at radius 2 is 2.00 bits per heavy atom. The van der Waals surface area contributed by atoms with Crippen LogP contribution in [-0.2, 0) is 11.2 Å². The third kappa shape index (κ3) is 3.56. The summed E-state index contributed by atoms with van der Waals surface area (Å²) in [6.45, 7) is 4.18. The van der Waals surface area contributed by atoms with Gasteiger partial charge in [-0.1, -0.05) is 30.7 Å². The summed E-state index contributed by atoms with van der Waals surface area (Å²) >= 11 is 6.01. The molecule has 3 nitrogen and oxygen atoms in total. The molecule has 0 saturated carbocycles. The molecule has 1 aromatic rings. The second kappa shape index (κ2) is 6.40. The number of amides is 1. The van der Waals surface area contributed by atoms with Crippen LogP contribution in [-0.4, -0.2) is 18.2 Å². The Labute approximate surface area is 106 Å². The van der Waals surface area contributed by atoms with Crippen LogP contribution in [0.3, 0.4) is 0 Å². The Balaban J connectivity index is 3.08. The zero-order valence-corrected chi connectivity index (χ0v) is 10.8. The monoisotopic (exact) mass is 253 g/mol. The van der Waals surface area contributed by atoms with Crippen molar-refractivity contribution in [3.63, 3.8) is 0 Å². The average molecular weight is 254 g/mol. The van der Waals surface area contributed by atoms with E-state index < -0.39 is 0 Å². The van der Waals surface area contributed by atoms with Gasteiger partial charge in [0, 0.05) is 19.4 Å². The van der Waals surface area contributed by atoms with Crippen LogP contribution in [0.25, 0.3) is 0 Å². The zero-order chi connectivity index (χ0) is 12.8. The van der Waals surface area contributed by atoms with Crippen LogP contribution in [0.15, 0.2) is 18.2 Å². The van der Waals surface area contributed by atoms with Crippen LogP contribution in [0.4, 0.5) is 0 Å². The molecule has 0 fully saturated rings. The lowest BCUT2D eigenvalue weighted by Gasteiger charge is -2.10. The fourth-order valence-electron chi connectivity index (χ4n) is 1.56. The van der Waals surface area contributed by atoms with Gasteiger partial charge in [-0.3, -0.25) is 9.59 Å². The van der Waals surface area contributed by atoms with Crippen LogP contribution >= 0.6 is 11.6 Å². The Morgan fingerprint density at radius 3 is 2.59 bits per heavy atom. The molecule has 0 unspecified atom stereocenters. The number of Topliss-reactive ketones (excluding diaryl/α,β-unsaturated/α-hetero) is 1. The molecule has 0 aromatic heterocycles. The lowest BCUT2D eigenvalue weighted by atomic mass is 10.0. The van der Waals surface area contributed by atoms with Gasteiger partial charge in [-0.15, -0.1) is 0 Å². The lowest BCUT2D eigenvalue weighted by Crippen LogP contribution is -2.24. The fraction of sp³-hybridized carbons (Fsp3) is 0.385. The first-order valence-electron chi connectivity index (χ1n) is 5.67. The highest BCUT2D eigenvalue weighted by Crippen LogP contribution is 2.21. The molecule has 0 bridgehead atoms. The van der Waals surface area contributed by atoms with Crippen LogP contribution < -0.4 is 5.32 Å². The van der Waals surface area contributed by atoms with Crippen molar-refractivity contribution in [2.24, 2.45) is 0 Å². The molecule has 17 heavy (non-hydrogen) atoms. The predicted molar refractivity (Wildman–Crippen MR) is 68.5 cm³/mol. The van der Waals surface area contributed by atoms with E-state index in [2.05, 4.69) is 5.32 Å². The van der Waals surface area contributed by atoms with E-state index in [0.717, 1.165) is 0 Å². The molecular formula is C13H16ClNO2. The van der Waals surface area contributed by atoms with Crippen molar-refractivity contribution in [2.45, 2.75) is 26.7 Å². The van der Waals surface area contributed by atoms with E-state index in [1.165, 1.54) is 0 Å². The maximum absolute atomic E-state index is 11.8. The number of hydrogen-bond donors (Lipinski definition) is 1.